The Labute approximate surface area is 90.2 Å². The maximum atomic E-state index is 5.12. The summed E-state index contributed by atoms with van der Waals surface area (Å²) in [6, 6.07) is 2.47. The molecule has 4 nitrogen and oxygen atoms in total. The second kappa shape index (κ2) is 4.77. The highest BCUT2D eigenvalue weighted by molar-refractivity contribution is 5.10. The second-order valence-corrected chi connectivity index (χ2v) is 4.05. The van der Waals surface area contributed by atoms with E-state index in [9.17, 15) is 0 Å². The van der Waals surface area contributed by atoms with E-state index in [1.165, 1.54) is 12.8 Å². The van der Waals surface area contributed by atoms with Gasteiger partial charge in [0, 0.05) is 19.7 Å². The number of ether oxygens (including phenoxy) is 1. The van der Waals surface area contributed by atoms with Crippen molar-refractivity contribution in [2.45, 2.75) is 25.8 Å². The molecule has 1 aliphatic heterocycles. The Kier molecular flexibility index (Phi) is 3.38. The van der Waals surface area contributed by atoms with Crippen molar-refractivity contribution >= 4 is 0 Å². The van der Waals surface area contributed by atoms with Gasteiger partial charge in [0.2, 0.25) is 0 Å². The van der Waals surface area contributed by atoms with E-state index >= 15 is 0 Å². The van der Waals surface area contributed by atoms with Gasteiger partial charge in [-0.25, -0.2) is 0 Å². The first-order valence-corrected chi connectivity index (χ1v) is 5.47. The normalized spacial score (nSPS) is 22.4. The van der Waals surface area contributed by atoms with Crippen LogP contribution in [-0.4, -0.2) is 36.9 Å². The van der Waals surface area contributed by atoms with Crippen molar-refractivity contribution in [2.24, 2.45) is 0 Å². The molecule has 1 fully saturated rings. The predicted molar refractivity (Wildman–Crippen MR) is 56.7 cm³/mol. The van der Waals surface area contributed by atoms with Crippen LogP contribution < -0.4 is 0 Å². The van der Waals surface area contributed by atoms with Gasteiger partial charge in [0.25, 0.3) is 0 Å². The molecule has 2 heterocycles. The summed E-state index contributed by atoms with van der Waals surface area (Å²) < 4.78 is 10.2. The van der Waals surface area contributed by atoms with Crippen molar-refractivity contribution in [2.75, 3.05) is 26.8 Å². The highest BCUT2D eigenvalue weighted by Gasteiger charge is 2.27. The Morgan fingerprint density at radius 3 is 3.20 bits per heavy atom. The zero-order chi connectivity index (χ0) is 10.7. The van der Waals surface area contributed by atoms with Gasteiger partial charge >= 0.3 is 0 Å². The number of nitrogens with zero attached hydrogens (tertiary/aromatic N) is 2. The number of methoxy groups -OCH3 is 1. The topological polar surface area (TPSA) is 38.5 Å². The zero-order valence-corrected chi connectivity index (χ0v) is 9.40. The van der Waals surface area contributed by atoms with Crippen molar-refractivity contribution in [3.63, 3.8) is 0 Å². The monoisotopic (exact) mass is 210 g/mol. The first kappa shape index (κ1) is 10.6. The van der Waals surface area contributed by atoms with Crippen molar-refractivity contribution in [3.05, 3.63) is 17.5 Å². The Morgan fingerprint density at radius 2 is 2.53 bits per heavy atom. The molecule has 0 N–H and O–H groups in total. The third-order valence-electron chi connectivity index (χ3n) is 2.93. The number of hydrogen-bond donors (Lipinski definition) is 0. The van der Waals surface area contributed by atoms with Gasteiger partial charge in [-0.15, -0.1) is 0 Å². The summed E-state index contributed by atoms with van der Waals surface area (Å²) in [5.74, 6) is 0.892. The fraction of sp³-hybridized carbons (Fsp3) is 0.727. The van der Waals surface area contributed by atoms with Gasteiger partial charge in [0.05, 0.1) is 12.6 Å². The Bertz CT molecular complexity index is 311. The molecule has 0 aliphatic carbocycles. The van der Waals surface area contributed by atoms with Gasteiger partial charge in [-0.2, -0.15) is 0 Å². The average molecular weight is 210 g/mol. The zero-order valence-electron chi connectivity index (χ0n) is 9.40. The van der Waals surface area contributed by atoms with Gasteiger partial charge in [-0.3, -0.25) is 4.90 Å². The molecule has 0 spiro atoms. The number of aryl methyl sites for hydroxylation is 1. The largest absolute Gasteiger partial charge is 0.383 e. The summed E-state index contributed by atoms with van der Waals surface area (Å²) in [6.07, 6.45) is 2.41. The third-order valence-corrected chi connectivity index (χ3v) is 2.93. The fourth-order valence-electron chi connectivity index (χ4n) is 2.18. The standard InChI is InChI=1S/C11H18N2O2/c1-9-8-10(12-15-9)11-4-3-5-13(11)6-7-14-2/h8,11H,3-7H2,1-2H3/t11-/m1/s1. The van der Waals surface area contributed by atoms with Gasteiger partial charge in [0.1, 0.15) is 11.5 Å². The highest BCUT2D eigenvalue weighted by Crippen LogP contribution is 2.30. The predicted octanol–water partition coefficient (Wildman–Crippen LogP) is 1.77. The van der Waals surface area contributed by atoms with Crippen LogP contribution in [0, 0.1) is 6.92 Å². The van der Waals surface area contributed by atoms with E-state index in [4.69, 9.17) is 9.26 Å². The van der Waals surface area contributed by atoms with Gasteiger partial charge in [-0.05, 0) is 26.3 Å². The Hall–Kier alpha value is -0.870. The lowest BCUT2D eigenvalue weighted by Gasteiger charge is -2.21. The molecule has 0 radical (unpaired) electrons. The van der Waals surface area contributed by atoms with E-state index in [2.05, 4.69) is 10.1 Å². The number of hydrogen-bond acceptors (Lipinski definition) is 4. The van der Waals surface area contributed by atoms with Crippen LogP contribution in [-0.2, 0) is 4.74 Å². The van der Waals surface area contributed by atoms with Crippen LogP contribution in [0.3, 0.4) is 0 Å². The minimum atomic E-state index is 0.428. The minimum Gasteiger partial charge on any atom is -0.383 e. The highest BCUT2D eigenvalue weighted by atomic mass is 16.5. The molecular formula is C11H18N2O2. The average Bonchev–Trinajstić information content (AvgIpc) is 2.82. The molecule has 2 rings (SSSR count). The van der Waals surface area contributed by atoms with Crippen LogP contribution >= 0.6 is 0 Å². The Balaban J connectivity index is 2.01. The van der Waals surface area contributed by atoms with Crippen molar-refractivity contribution in [1.29, 1.82) is 0 Å². The molecule has 84 valence electrons. The number of likely N-dealkylation sites (tertiary alicyclic amines) is 1. The summed E-state index contributed by atoms with van der Waals surface area (Å²) in [5, 5.41) is 4.10. The molecule has 4 heteroatoms. The molecule has 1 aliphatic rings. The van der Waals surface area contributed by atoms with E-state index in [1.807, 2.05) is 13.0 Å². The maximum Gasteiger partial charge on any atom is 0.133 e. The summed E-state index contributed by atoms with van der Waals surface area (Å²) in [4.78, 5) is 2.42. The van der Waals surface area contributed by atoms with Crippen LogP contribution in [0.1, 0.15) is 30.3 Å². The van der Waals surface area contributed by atoms with E-state index in [0.29, 0.717) is 6.04 Å². The van der Waals surface area contributed by atoms with E-state index in [1.54, 1.807) is 7.11 Å². The van der Waals surface area contributed by atoms with E-state index in [-0.39, 0.29) is 0 Å². The SMILES string of the molecule is COCCN1CCC[C@@H]1c1cc(C)on1. The molecule has 1 aromatic heterocycles. The minimum absolute atomic E-state index is 0.428. The first-order valence-electron chi connectivity index (χ1n) is 5.47. The van der Waals surface area contributed by atoms with Crippen LogP contribution in [0.4, 0.5) is 0 Å². The first-order chi connectivity index (χ1) is 7.31. The molecular weight excluding hydrogens is 192 g/mol. The lowest BCUT2D eigenvalue weighted by molar-refractivity contribution is 0.139. The van der Waals surface area contributed by atoms with E-state index < -0.39 is 0 Å². The van der Waals surface area contributed by atoms with Gasteiger partial charge in [0.15, 0.2) is 0 Å². The Morgan fingerprint density at radius 1 is 1.67 bits per heavy atom. The molecule has 15 heavy (non-hydrogen) atoms. The molecule has 0 unspecified atom stereocenters. The maximum absolute atomic E-state index is 5.12. The summed E-state index contributed by atoms with van der Waals surface area (Å²) in [5.41, 5.74) is 1.07. The van der Waals surface area contributed by atoms with Crippen molar-refractivity contribution < 1.29 is 9.26 Å². The smallest absolute Gasteiger partial charge is 0.133 e. The second-order valence-electron chi connectivity index (χ2n) is 4.05. The molecule has 0 saturated carbocycles. The lowest BCUT2D eigenvalue weighted by Crippen LogP contribution is -2.27. The van der Waals surface area contributed by atoms with Crippen LogP contribution in [0.2, 0.25) is 0 Å². The van der Waals surface area contributed by atoms with Crippen LogP contribution in [0.25, 0.3) is 0 Å². The molecule has 0 aromatic carbocycles. The van der Waals surface area contributed by atoms with Gasteiger partial charge in [-0.1, -0.05) is 5.16 Å². The lowest BCUT2D eigenvalue weighted by atomic mass is 10.1. The third kappa shape index (κ3) is 2.38. The quantitative estimate of drug-likeness (QED) is 0.759. The fourth-order valence-corrected chi connectivity index (χ4v) is 2.18. The molecule has 1 atom stereocenters. The molecule has 1 saturated heterocycles. The summed E-state index contributed by atoms with van der Waals surface area (Å²) in [7, 11) is 1.74. The summed E-state index contributed by atoms with van der Waals surface area (Å²) >= 11 is 0. The number of rotatable bonds is 4. The number of aromatic nitrogens is 1. The van der Waals surface area contributed by atoms with Crippen LogP contribution in [0.15, 0.2) is 10.6 Å². The molecule has 0 amide bonds. The van der Waals surface area contributed by atoms with Crippen molar-refractivity contribution in [3.8, 4) is 0 Å². The molecule has 1 aromatic rings. The van der Waals surface area contributed by atoms with Crippen molar-refractivity contribution in [1.82, 2.24) is 10.1 Å². The molecule has 0 bridgehead atoms. The summed E-state index contributed by atoms with van der Waals surface area (Å²) in [6.45, 7) is 4.84. The van der Waals surface area contributed by atoms with Crippen LogP contribution in [0.5, 0.6) is 0 Å². The van der Waals surface area contributed by atoms with Gasteiger partial charge < -0.3 is 9.26 Å². The van der Waals surface area contributed by atoms with E-state index in [0.717, 1.165) is 31.2 Å².